The highest BCUT2D eigenvalue weighted by Crippen LogP contribution is 2.22. The van der Waals surface area contributed by atoms with Crippen LogP contribution in [0.5, 0.6) is 0 Å². The number of carbonyl (C=O) groups excluding carboxylic acids is 1. The number of benzene rings is 1. The Bertz CT molecular complexity index is 642. The van der Waals surface area contributed by atoms with Crippen LogP contribution in [-0.2, 0) is 9.53 Å². The summed E-state index contributed by atoms with van der Waals surface area (Å²) in [5, 5.41) is 6.18. The van der Waals surface area contributed by atoms with Crippen molar-refractivity contribution < 1.29 is 13.9 Å². The maximum Gasteiger partial charge on any atom is 0.222 e. The summed E-state index contributed by atoms with van der Waals surface area (Å²) in [5.41, 5.74) is 0.966. The van der Waals surface area contributed by atoms with Crippen molar-refractivity contribution in [3.8, 4) is 11.3 Å². The number of hydrogen-bond acceptors (Lipinski definition) is 5. The Balaban J connectivity index is 0.00000208. The van der Waals surface area contributed by atoms with Crippen molar-refractivity contribution in [2.45, 2.75) is 25.4 Å². The lowest BCUT2D eigenvalue weighted by atomic mass is 10.2. The maximum absolute atomic E-state index is 12.1. The van der Waals surface area contributed by atoms with Gasteiger partial charge in [-0.2, -0.15) is 0 Å². The Kier molecular flexibility index (Phi) is 6.78. The molecule has 2 unspecified atom stereocenters. The van der Waals surface area contributed by atoms with Crippen molar-refractivity contribution in [3.05, 3.63) is 42.4 Å². The van der Waals surface area contributed by atoms with Gasteiger partial charge in [0.25, 0.3) is 0 Å². The van der Waals surface area contributed by atoms with Crippen LogP contribution in [-0.4, -0.2) is 36.7 Å². The average molecular weight is 352 g/mol. The molecule has 1 fully saturated rings. The van der Waals surface area contributed by atoms with E-state index in [4.69, 9.17) is 9.15 Å². The third kappa shape index (κ3) is 4.80. The summed E-state index contributed by atoms with van der Waals surface area (Å²) in [7, 11) is 0. The van der Waals surface area contributed by atoms with Gasteiger partial charge in [-0.25, -0.2) is 4.98 Å². The summed E-state index contributed by atoms with van der Waals surface area (Å²) in [6, 6.07) is 9.56. The molecule has 1 saturated heterocycles. The van der Waals surface area contributed by atoms with Crippen molar-refractivity contribution in [1.29, 1.82) is 0 Å². The summed E-state index contributed by atoms with van der Waals surface area (Å²) >= 11 is 0. The predicted molar refractivity (Wildman–Crippen MR) is 93.0 cm³/mol. The number of ether oxygens (including phenoxy) is 1. The van der Waals surface area contributed by atoms with Crippen molar-refractivity contribution >= 4 is 18.3 Å². The Labute approximate surface area is 147 Å². The highest BCUT2D eigenvalue weighted by atomic mass is 35.5. The molecule has 1 aliphatic rings. The largest absolute Gasteiger partial charge is 0.438 e. The number of nitrogens with one attached hydrogen (secondary N) is 2. The lowest BCUT2D eigenvalue weighted by Gasteiger charge is -2.23. The number of hydrogen-bond donors (Lipinski definition) is 2. The van der Waals surface area contributed by atoms with Crippen LogP contribution in [0.2, 0.25) is 0 Å². The predicted octanol–water partition coefficient (Wildman–Crippen LogP) is 2.32. The highest BCUT2D eigenvalue weighted by Gasteiger charge is 2.20. The van der Waals surface area contributed by atoms with E-state index in [1.165, 1.54) is 0 Å². The molecule has 2 heterocycles. The molecule has 0 bridgehead atoms. The van der Waals surface area contributed by atoms with Crippen LogP contribution in [0.3, 0.4) is 0 Å². The Hall–Kier alpha value is -1.89. The molecule has 1 aromatic carbocycles. The lowest BCUT2D eigenvalue weighted by molar-refractivity contribution is -0.123. The SMILES string of the molecule is CC(NC(=O)CC1COCCN1)c1ncc(-c2ccccc2)o1.Cl. The fraction of sp³-hybridized carbons (Fsp3) is 0.412. The van der Waals surface area contributed by atoms with E-state index in [1.807, 2.05) is 37.3 Å². The van der Waals surface area contributed by atoms with Crippen molar-refractivity contribution in [3.63, 3.8) is 0 Å². The van der Waals surface area contributed by atoms with Crippen molar-refractivity contribution in [2.75, 3.05) is 19.8 Å². The van der Waals surface area contributed by atoms with E-state index in [9.17, 15) is 4.79 Å². The summed E-state index contributed by atoms with van der Waals surface area (Å²) in [4.78, 5) is 16.4. The molecular formula is C17H22ClN3O3. The summed E-state index contributed by atoms with van der Waals surface area (Å²) in [5.74, 6) is 1.16. The molecule has 1 aliphatic heterocycles. The van der Waals surface area contributed by atoms with Gasteiger partial charge in [0.05, 0.1) is 19.4 Å². The minimum Gasteiger partial charge on any atom is -0.438 e. The Morgan fingerprint density at radius 1 is 1.42 bits per heavy atom. The number of halogens is 1. The number of nitrogens with zero attached hydrogens (tertiary/aromatic N) is 1. The van der Waals surface area contributed by atoms with Crippen LogP contribution in [0, 0.1) is 0 Å². The van der Waals surface area contributed by atoms with Gasteiger partial charge in [0, 0.05) is 24.6 Å². The number of carbonyl (C=O) groups is 1. The molecule has 1 amide bonds. The molecule has 2 aromatic rings. The molecule has 6 nitrogen and oxygen atoms in total. The summed E-state index contributed by atoms with van der Waals surface area (Å²) in [6.07, 6.45) is 2.07. The molecule has 0 aliphatic carbocycles. The van der Waals surface area contributed by atoms with Crippen LogP contribution in [0.25, 0.3) is 11.3 Å². The summed E-state index contributed by atoms with van der Waals surface area (Å²) in [6.45, 7) is 3.92. The molecule has 1 aromatic heterocycles. The minimum atomic E-state index is -0.274. The Morgan fingerprint density at radius 3 is 2.92 bits per heavy atom. The zero-order chi connectivity index (χ0) is 16.1. The first-order valence-electron chi connectivity index (χ1n) is 7.84. The van der Waals surface area contributed by atoms with E-state index in [0.29, 0.717) is 31.3 Å². The second-order valence-corrected chi connectivity index (χ2v) is 5.65. The normalized spacial score (nSPS) is 18.5. The maximum atomic E-state index is 12.1. The van der Waals surface area contributed by atoms with Gasteiger partial charge >= 0.3 is 0 Å². The molecule has 7 heteroatoms. The van der Waals surface area contributed by atoms with E-state index in [1.54, 1.807) is 6.20 Å². The molecule has 2 atom stereocenters. The fourth-order valence-electron chi connectivity index (χ4n) is 2.56. The van der Waals surface area contributed by atoms with E-state index in [2.05, 4.69) is 15.6 Å². The average Bonchev–Trinajstić information content (AvgIpc) is 3.06. The van der Waals surface area contributed by atoms with Crippen LogP contribution >= 0.6 is 12.4 Å². The van der Waals surface area contributed by atoms with Gasteiger partial charge < -0.3 is 19.8 Å². The third-order valence-corrected chi connectivity index (χ3v) is 3.76. The molecule has 130 valence electrons. The van der Waals surface area contributed by atoms with Crippen LogP contribution in [0.15, 0.2) is 40.9 Å². The number of aromatic nitrogens is 1. The topological polar surface area (TPSA) is 76.4 Å². The second-order valence-electron chi connectivity index (χ2n) is 5.65. The van der Waals surface area contributed by atoms with Crippen LogP contribution in [0.4, 0.5) is 0 Å². The van der Waals surface area contributed by atoms with Crippen LogP contribution in [0.1, 0.15) is 25.3 Å². The number of oxazole rings is 1. The highest BCUT2D eigenvalue weighted by molar-refractivity contribution is 5.85. The zero-order valence-electron chi connectivity index (χ0n) is 13.5. The van der Waals surface area contributed by atoms with E-state index >= 15 is 0 Å². The first-order valence-corrected chi connectivity index (χ1v) is 7.84. The van der Waals surface area contributed by atoms with Gasteiger partial charge in [0.2, 0.25) is 11.8 Å². The van der Waals surface area contributed by atoms with Gasteiger partial charge in [-0.05, 0) is 6.92 Å². The third-order valence-electron chi connectivity index (χ3n) is 3.76. The summed E-state index contributed by atoms with van der Waals surface area (Å²) < 4.78 is 11.1. The number of rotatable bonds is 5. The fourth-order valence-corrected chi connectivity index (χ4v) is 2.56. The molecular weight excluding hydrogens is 330 g/mol. The van der Waals surface area contributed by atoms with Gasteiger partial charge in [0.15, 0.2) is 5.76 Å². The van der Waals surface area contributed by atoms with Crippen molar-refractivity contribution in [2.24, 2.45) is 0 Å². The van der Waals surface area contributed by atoms with Gasteiger partial charge in [0.1, 0.15) is 6.04 Å². The molecule has 0 spiro atoms. The standard InChI is InChI=1S/C17H21N3O3.ClH/c1-12(20-16(21)9-14-11-22-8-7-18-14)17-19-10-15(23-17)13-5-3-2-4-6-13;/h2-6,10,12,14,18H,7-9,11H2,1H3,(H,20,21);1H. The molecule has 3 rings (SSSR count). The van der Waals surface area contributed by atoms with E-state index in [-0.39, 0.29) is 30.4 Å². The van der Waals surface area contributed by atoms with Gasteiger partial charge in [-0.15, -0.1) is 12.4 Å². The van der Waals surface area contributed by atoms with Gasteiger partial charge in [-0.1, -0.05) is 30.3 Å². The van der Waals surface area contributed by atoms with E-state index in [0.717, 1.165) is 12.1 Å². The smallest absolute Gasteiger partial charge is 0.222 e. The Morgan fingerprint density at radius 2 is 2.21 bits per heavy atom. The zero-order valence-corrected chi connectivity index (χ0v) is 14.3. The first-order chi connectivity index (χ1) is 11.2. The van der Waals surface area contributed by atoms with Crippen LogP contribution < -0.4 is 10.6 Å². The molecule has 0 saturated carbocycles. The number of morpholine rings is 1. The molecule has 2 N–H and O–H groups in total. The minimum absolute atomic E-state index is 0. The quantitative estimate of drug-likeness (QED) is 0.864. The number of amides is 1. The van der Waals surface area contributed by atoms with Gasteiger partial charge in [-0.3, -0.25) is 4.79 Å². The molecule has 0 radical (unpaired) electrons. The second kappa shape index (κ2) is 8.82. The molecule has 24 heavy (non-hydrogen) atoms. The van der Waals surface area contributed by atoms with Crippen molar-refractivity contribution in [1.82, 2.24) is 15.6 Å². The van der Waals surface area contributed by atoms with E-state index < -0.39 is 0 Å². The monoisotopic (exact) mass is 351 g/mol. The lowest BCUT2D eigenvalue weighted by Crippen LogP contribution is -2.44. The first kappa shape index (κ1) is 18.4.